The van der Waals surface area contributed by atoms with Gasteiger partial charge in [0.25, 0.3) is 5.91 Å². The van der Waals surface area contributed by atoms with Crippen LogP contribution in [0.25, 0.3) is 0 Å². The molecular formula is C18H18N2O4. The van der Waals surface area contributed by atoms with Gasteiger partial charge in [0.15, 0.2) is 0 Å². The largest absolute Gasteiger partial charge is 0.478 e. The molecule has 0 atom stereocenters. The van der Waals surface area contributed by atoms with E-state index in [1.54, 1.807) is 50.5 Å². The summed E-state index contributed by atoms with van der Waals surface area (Å²) in [5.41, 5.74) is 1.40. The van der Waals surface area contributed by atoms with Crippen LogP contribution in [0.3, 0.4) is 0 Å². The zero-order valence-electron chi connectivity index (χ0n) is 13.4. The Kier molecular flexibility index (Phi) is 5.31. The van der Waals surface area contributed by atoms with Gasteiger partial charge in [0, 0.05) is 19.8 Å². The molecule has 0 aliphatic carbocycles. The molecule has 0 unspecified atom stereocenters. The zero-order chi connectivity index (χ0) is 17.7. The van der Waals surface area contributed by atoms with Crippen molar-refractivity contribution >= 4 is 23.5 Å². The fraction of sp³-hybridized carbons (Fsp3) is 0.167. The van der Waals surface area contributed by atoms with Gasteiger partial charge in [-0.2, -0.15) is 0 Å². The Bertz CT molecular complexity index is 767. The normalized spacial score (nSPS) is 10.1. The van der Waals surface area contributed by atoms with Crippen LogP contribution in [0.5, 0.6) is 0 Å². The SMILES string of the molecule is CN(C)C(=O)Cc1ccc(NC(=O)c2ccccc2C(=O)O)cc1. The first-order valence-electron chi connectivity index (χ1n) is 7.31. The van der Waals surface area contributed by atoms with E-state index in [1.807, 2.05) is 0 Å². The van der Waals surface area contributed by atoms with E-state index in [0.29, 0.717) is 5.69 Å². The number of aromatic carboxylic acids is 1. The third kappa shape index (κ3) is 4.19. The minimum atomic E-state index is -1.15. The number of hydrogen-bond donors (Lipinski definition) is 2. The lowest BCUT2D eigenvalue weighted by Gasteiger charge is -2.11. The van der Waals surface area contributed by atoms with Crippen LogP contribution in [0.4, 0.5) is 5.69 Å². The van der Waals surface area contributed by atoms with E-state index in [1.165, 1.54) is 17.0 Å². The van der Waals surface area contributed by atoms with Gasteiger partial charge in [0.2, 0.25) is 5.91 Å². The Balaban J connectivity index is 2.10. The number of likely N-dealkylation sites (N-methyl/N-ethyl adjacent to an activating group) is 1. The summed E-state index contributed by atoms with van der Waals surface area (Å²) >= 11 is 0. The summed E-state index contributed by atoms with van der Waals surface area (Å²) in [4.78, 5) is 36.6. The molecule has 0 radical (unpaired) electrons. The number of amides is 2. The highest BCUT2D eigenvalue weighted by Gasteiger charge is 2.15. The van der Waals surface area contributed by atoms with Crippen molar-refractivity contribution in [2.75, 3.05) is 19.4 Å². The number of rotatable bonds is 5. The summed E-state index contributed by atoms with van der Waals surface area (Å²) in [6.45, 7) is 0. The van der Waals surface area contributed by atoms with Crippen molar-refractivity contribution in [2.45, 2.75) is 6.42 Å². The second kappa shape index (κ2) is 7.41. The van der Waals surface area contributed by atoms with Gasteiger partial charge < -0.3 is 15.3 Å². The molecular weight excluding hydrogens is 308 g/mol. The van der Waals surface area contributed by atoms with Crippen LogP contribution in [0.15, 0.2) is 48.5 Å². The van der Waals surface area contributed by atoms with E-state index >= 15 is 0 Å². The van der Waals surface area contributed by atoms with Crippen LogP contribution in [-0.2, 0) is 11.2 Å². The van der Waals surface area contributed by atoms with Crippen LogP contribution in [0, 0.1) is 0 Å². The number of carboxylic acid groups (broad SMARTS) is 1. The summed E-state index contributed by atoms with van der Waals surface area (Å²) in [7, 11) is 3.38. The third-order valence-electron chi connectivity index (χ3n) is 3.47. The molecule has 0 bridgehead atoms. The maximum atomic E-state index is 12.3. The van der Waals surface area contributed by atoms with Gasteiger partial charge in [-0.25, -0.2) is 4.79 Å². The Hall–Kier alpha value is -3.15. The first-order chi connectivity index (χ1) is 11.4. The molecule has 2 rings (SSSR count). The van der Waals surface area contributed by atoms with E-state index in [-0.39, 0.29) is 23.5 Å². The summed E-state index contributed by atoms with van der Waals surface area (Å²) < 4.78 is 0. The molecule has 0 aromatic heterocycles. The van der Waals surface area contributed by atoms with Crippen molar-refractivity contribution in [1.82, 2.24) is 4.90 Å². The molecule has 0 saturated heterocycles. The van der Waals surface area contributed by atoms with Crippen LogP contribution in [0.2, 0.25) is 0 Å². The minimum absolute atomic E-state index is 0.0119. The third-order valence-corrected chi connectivity index (χ3v) is 3.47. The van der Waals surface area contributed by atoms with Crippen LogP contribution in [0.1, 0.15) is 26.3 Å². The smallest absolute Gasteiger partial charge is 0.336 e. The summed E-state index contributed by atoms with van der Waals surface area (Å²) in [6, 6.07) is 12.9. The molecule has 24 heavy (non-hydrogen) atoms. The van der Waals surface area contributed by atoms with Crippen molar-refractivity contribution in [3.05, 3.63) is 65.2 Å². The monoisotopic (exact) mass is 326 g/mol. The maximum absolute atomic E-state index is 12.3. The summed E-state index contributed by atoms with van der Waals surface area (Å²) in [5.74, 6) is -1.66. The number of carbonyl (C=O) groups excluding carboxylic acids is 2. The lowest BCUT2D eigenvalue weighted by molar-refractivity contribution is -0.127. The van der Waals surface area contributed by atoms with E-state index < -0.39 is 11.9 Å². The molecule has 124 valence electrons. The fourth-order valence-electron chi connectivity index (χ4n) is 2.10. The lowest BCUT2D eigenvalue weighted by atomic mass is 10.1. The molecule has 0 aliphatic heterocycles. The quantitative estimate of drug-likeness (QED) is 0.882. The zero-order valence-corrected chi connectivity index (χ0v) is 13.4. The molecule has 2 N–H and O–H groups in total. The Morgan fingerprint density at radius 1 is 0.958 bits per heavy atom. The number of hydrogen-bond acceptors (Lipinski definition) is 3. The molecule has 2 amide bonds. The predicted molar refractivity (Wildman–Crippen MR) is 90.2 cm³/mol. The highest BCUT2D eigenvalue weighted by atomic mass is 16.4. The molecule has 0 heterocycles. The highest BCUT2D eigenvalue weighted by molar-refractivity contribution is 6.10. The topological polar surface area (TPSA) is 86.7 Å². The number of anilines is 1. The predicted octanol–water partition coefficient (Wildman–Crippen LogP) is 2.27. The van der Waals surface area contributed by atoms with Gasteiger partial charge >= 0.3 is 5.97 Å². The molecule has 0 aliphatic rings. The molecule has 2 aromatic carbocycles. The Labute approximate surface area is 139 Å². The highest BCUT2D eigenvalue weighted by Crippen LogP contribution is 2.15. The lowest BCUT2D eigenvalue weighted by Crippen LogP contribution is -2.23. The minimum Gasteiger partial charge on any atom is -0.478 e. The van der Waals surface area contributed by atoms with Crippen molar-refractivity contribution in [3.63, 3.8) is 0 Å². The van der Waals surface area contributed by atoms with Gasteiger partial charge in [-0.05, 0) is 29.8 Å². The first-order valence-corrected chi connectivity index (χ1v) is 7.31. The number of nitrogens with zero attached hydrogens (tertiary/aromatic N) is 1. The Morgan fingerprint density at radius 2 is 1.54 bits per heavy atom. The number of benzene rings is 2. The second-order valence-electron chi connectivity index (χ2n) is 5.47. The van der Waals surface area contributed by atoms with Crippen LogP contribution < -0.4 is 5.32 Å². The number of carboxylic acids is 1. The number of nitrogens with one attached hydrogen (secondary N) is 1. The standard InChI is InChI=1S/C18H18N2O4/c1-20(2)16(21)11-12-7-9-13(10-8-12)19-17(22)14-5-3-4-6-15(14)18(23)24/h3-10H,11H2,1-2H3,(H,19,22)(H,23,24). The molecule has 6 heteroatoms. The average molecular weight is 326 g/mol. The van der Waals surface area contributed by atoms with Gasteiger partial charge in [-0.1, -0.05) is 24.3 Å². The molecule has 0 fully saturated rings. The van der Waals surface area contributed by atoms with Gasteiger partial charge in [0.05, 0.1) is 17.5 Å². The Morgan fingerprint density at radius 3 is 2.08 bits per heavy atom. The van der Waals surface area contributed by atoms with Gasteiger partial charge in [-0.3, -0.25) is 9.59 Å². The molecule has 0 saturated carbocycles. The molecule has 2 aromatic rings. The number of carbonyl (C=O) groups is 3. The fourth-order valence-corrected chi connectivity index (χ4v) is 2.10. The van der Waals surface area contributed by atoms with Crippen LogP contribution >= 0.6 is 0 Å². The van der Waals surface area contributed by atoms with E-state index in [4.69, 9.17) is 5.11 Å². The van der Waals surface area contributed by atoms with E-state index in [9.17, 15) is 14.4 Å². The van der Waals surface area contributed by atoms with Crippen molar-refractivity contribution in [2.24, 2.45) is 0 Å². The van der Waals surface area contributed by atoms with E-state index in [0.717, 1.165) is 5.56 Å². The van der Waals surface area contributed by atoms with Crippen LogP contribution in [-0.4, -0.2) is 41.9 Å². The van der Waals surface area contributed by atoms with E-state index in [2.05, 4.69) is 5.32 Å². The molecule has 6 nitrogen and oxygen atoms in total. The molecule has 0 spiro atoms. The van der Waals surface area contributed by atoms with Crippen molar-refractivity contribution < 1.29 is 19.5 Å². The van der Waals surface area contributed by atoms with Gasteiger partial charge in [-0.15, -0.1) is 0 Å². The second-order valence-corrected chi connectivity index (χ2v) is 5.47. The summed E-state index contributed by atoms with van der Waals surface area (Å²) in [6.07, 6.45) is 0.281. The first kappa shape index (κ1) is 17.2. The van der Waals surface area contributed by atoms with Gasteiger partial charge in [0.1, 0.15) is 0 Å². The van der Waals surface area contributed by atoms with Crippen molar-refractivity contribution in [1.29, 1.82) is 0 Å². The summed E-state index contributed by atoms with van der Waals surface area (Å²) in [5, 5.41) is 11.8. The van der Waals surface area contributed by atoms with Crippen molar-refractivity contribution in [3.8, 4) is 0 Å². The average Bonchev–Trinajstić information content (AvgIpc) is 2.56. The maximum Gasteiger partial charge on any atom is 0.336 e.